The third kappa shape index (κ3) is 3.40. The summed E-state index contributed by atoms with van der Waals surface area (Å²) in [6.45, 7) is 9.05. The second-order valence-corrected chi connectivity index (χ2v) is 6.74. The second kappa shape index (κ2) is 4.29. The summed E-state index contributed by atoms with van der Waals surface area (Å²) in [6.07, 6.45) is 0. The Morgan fingerprint density at radius 3 is 2.12 bits per heavy atom. The first-order valence-corrected chi connectivity index (χ1v) is 8.26. The molecule has 0 heterocycles. The Labute approximate surface area is 56.0 Å². The van der Waals surface area contributed by atoms with Gasteiger partial charge in [0.2, 0.25) is 0 Å². The van der Waals surface area contributed by atoms with E-state index in [-0.39, 0.29) is 9.76 Å². The Balaban J connectivity index is 3.17. The molecule has 0 N–H and O–H groups in total. The molecule has 0 aromatic heterocycles. The quantitative estimate of drug-likeness (QED) is 0.531. The largest absolute Gasteiger partial charge is 0.425 e. The molecule has 1 unspecified atom stereocenters. The molecule has 0 aliphatic carbocycles. The maximum atomic E-state index is 5.50. The molecule has 0 bridgehead atoms. The Morgan fingerprint density at radius 2 is 2.00 bits per heavy atom. The molecule has 0 saturated heterocycles. The minimum absolute atomic E-state index is 0.142. The van der Waals surface area contributed by atoms with Gasteiger partial charge in [-0.15, -0.1) is 0 Å². The summed E-state index contributed by atoms with van der Waals surface area (Å²) >= 11 is 0. The molecule has 0 saturated carbocycles. The van der Waals surface area contributed by atoms with Crippen molar-refractivity contribution in [3.8, 4) is 0 Å². The van der Waals surface area contributed by atoms with Crippen molar-refractivity contribution in [1.82, 2.24) is 0 Å². The highest BCUT2D eigenvalue weighted by Gasteiger charge is 2.05. The Bertz CT molecular complexity index is 56.4. The predicted octanol–water partition coefficient (Wildman–Crippen LogP) is 0.549. The van der Waals surface area contributed by atoms with Crippen LogP contribution in [-0.4, -0.2) is 24.3 Å². The molecule has 0 fully saturated rings. The SMILES string of the molecule is C[SiH2]OC(C)[SiH](C)C. The second-order valence-electron chi connectivity index (χ2n) is 2.40. The predicted molar refractivity (Wildman–Crippen MR) is 43.8 cm³/mol. The van der Waals surface area contributed by atoms with Crippen LogP contribution >= 0.6 is 0 Å². The summed E-state index contributed by atoms with van der Waals surface area (Å²) in [7, 11) is -0.611. The van der Waals surface area contributed by atoms with E-state index in [4.69, 9.17) is 4.43 Å². The summed E-state index contributed by atoms with van der Waals surface area (Å²) < 4.78 is 5.50. The number of rotatable bonds is 3. The van der Waals surface area contributed by atoms with E-state index in [1.807, 2.05) is 0 Å². The zero-order valence-corrected chi connectivity index (χ0v) is 8.84. The highest BCUT2D eigenvalue weighted by atomic mass is 28.3. The molecule has 0 aromatic rings. The first-order chi connectivity index (χ1) is 3.68. The molecule has 0 aliphatic rings. The molecule has 3 heteroatoms. The first kappa shape index (κ1) is 8.39. The van der Waals surface area contributed by atoms with Gasteiger partial charge >= 0.3 is 0 Å². The molecular formula is C5H16OSi2. The molecule has 1 nitrogen and oxygen atoms in total. The van der Waals surface area contributed by atoms with Crippen LogP contribution in [0.4, 0.5) is 0 Å². The molecule has 0 amide bonds. The summed E-state index contributed by atoms with van der Waals surface area (Å²) in [5.41, 5.74) is 0.617. The van der Waals surface area contributed by atoms with E-state index in [0.717, 1.165) is 0 Å². The van der Waals surface area contributed by atoms with Crippen molar-refractivity contribution < 1.29 is 4.43 Å². The van der Waals surface area contributed by atoms with Crippen LogP contribution in [-0.2, 0) is 4.43 Å². The van der Waals surface area contributed by atoms with E-state index in [0.29, 0.717) is 5.73 Å². The van der Waals surface area contributed by atoms with Gasteiger partial charge in [0.1, 0.15) is 0 Å². The standard InChI is InChI=1S/C5H16OSi2/c1-5(6-7-2)8(3)4/h5,8H,7H2,1-4H3. The summed E-state index contributed by atoms with van der Waals surface area (Å²) in [6, 6.07) is 0. The van der Waals surface area contributed by atoms with E-state index in [1.54, 1.807) is 0 Å². The third-order valence-corrected chi connectivity index (χ3v) is 4.68. The number of hydrogen-bond acceptors (Lipinski definition) is 1. The highest BCUT2D eigenvalue weighted by molar-refractivity contribution is 6.57. The molecule has 0 spiro atoms. The van der Waals surface area contributed by atoms with E-state index in [2.05, 4.69) is 26.6 Å². The van der Waals surface area contributed by atoms with Crippen LogP contribution in [0.25, 0.3) is 0 Å². The van der Waals surface area contributed by atoms with Crippen LogP contribution in [0.15, 0.2) is 0 Å². The van der Waals surface area contributed by atoms with Gasteiger partial charge in [-0.25, -0.2) is 0 Å². The van der Waals surface area contributed by atoms with Crippen LogP contribution in [0.5, 0.6) is 0 Å². The molecule has 50 valence electrons. The smallest absolute Gasteiger partial charge is 0.158 e. The van der Waals surface area contributed by atoms with Gasteiger partial charge in [0, 0.05) is 5.73 Å². The van der Waals surface area contributed by atoms with Crippen molar-refractivity contribution in [3.63, 3.8) is 0 Å². The topological polar surface area (TPSA) is 9.23 Å². The maximum absolute atomic E-state index is 5.50. The lowest BCUT2D eigenvalue weighted by Gasteiger charge is -2.13. The molecule has 0 radical (unpaired) electrons. The molecular weight excluding hydrogens is 132 g/mol. The van der Waals surface area contributed by atoms with Crippen molar-refractivity contribution in [1.29, 1.82) is 0 Å². The monoisotopic (exact) mass is 148 g/mol. The van der Waals surface area contributed by atoms with Crippen molar-refractivity contribution >= 4 is 18.6 Å². The molecule has 0 aromatic carbocycles. The van der Waals surface area contributed by atoms with Crippen LogP contribution in [0.2, 0.25) is 19.6 Å². The van der Waals surface area contributed by atoms with E-state index in [9.17, 15) is 0 Å². The van der Waals surface area contributed by atoms with Gasteiger partial charge < -0.3 is 4.43 Å². The fourth-order valence-electron chi connectivity index (χ4n) is 0.455. The summed E-state index contributed by atoms with van der Waals surface area (Å²) in [5.74, 6) is 0. The average molecular weight is 148 g/mol. The fraction of sp³-hybridized carbons (Fsp3) is 1.00. The van der Waals surface area contributed by atoms with Crippen molar-refractivity contribution in [2.75, 3.05) is 0 Å². The lowest BCUT2D eigenvalue weighted by Crippen LogP contribution is -2.24. The Morgan fingerprint density at radius 1 is 1.50 bits per heavy atom. The highest BCUT2D eigenvalue weighted by Crippen LogP contribution is 1.93. The summed E-state index contributed by atoms with van der Waals surface area (Å²) in [5, 5.41) is 0. The molecule has 0 rings (SSSR count). The van der Waals surface area contributed by atoms with Gasteiger partial charge in [0.15, 0.2) is 9.76 Å². The molecule has 1 atom stereocenters. The van der Waals surface area contributed by atoms with Gasteiger partial charge in [-0.1, -0.05) is 19.6 Å². The number of hydrogen-bond donors (Lipinski definition) is 0. The van der Waals surface area contributed by atoms with Gasteiger partial charge in [0.25, 0.3) is 0 Å². The van der Waals surface area contributed by atoms with Crippen LogP contribution < -0.4 is 0 Å². The van der Waals surface area contributed by atoms with E-state index in [1.165, 1.54) is 0 Å². The van der Waals surface area contributed by atoms with E-state index >= 15 is 0 Å². The zero-order valence-electron chi connectivity index (χ0n) is 6.27. The first-order valence-electron chi connectivity index (χ1n) is 3.30. The fourth-order valence-corrected chi connectivity index (χ4v) is 3.10. The average Bonchev–Trinajstić information content (AvgIpc) is 1.67. The molecule has 0 aliphatic heterocycles. The van der Waals surface area contributed by atoms with Gasteiger partial charge in [-0.2, -0.15) is 0 Å². The van der Waals surface area contributed by atoms with Crippen molar-refractivity contribution in [3.05, 3.63) is 0 Å². The van der Waals surface area contributed by atoms with Crippen LogP contribution in [0.3, 0.4) is 0 Å². The molecule has 8 heavy (non-hydrogen) atoms. The van der Waals surface area contributed by atoms with Gasteiger partial charge in [-0.05, 0) is 6.92 Å². The maximum Gasteiger partial charge on any atom is 0.158 e. The van der Waals surface area contributed by atoms with Crippen LogP contribution in [0, 0.1) is 0 Å². The third-order valence-electron chi connectivity index (χ3n) is 1.37. The summed E-state index contributed by atoms with van der Waals surface area (Å²) in [4.78, 5) is 0. The minimum atomic E-state index is -0.470. The van der Waals surface area contributed by atoms with E-state index < -0.39 is 8.80 Å². The van der Waals surface area contributed by atoms with Crippen LogP contribution in [0.1, 0.15) is 6.92 Å². The Hall–Kier alpha value is 0.394. The normalized spacial score (nSPS) is 16.1. The van der Waals surface area contributed by atoms with Crippen molar-refractivity contribution in [2.45, 2.75) is 32.3 Å². The lowest BCUT2D eigenvalue weighted by molar-refractivity contribution is 0.313. The van der Waals surface area contributed by atoms with Gasteiger partial charge in [-0.3, -0.25) is 0 Å². The lowest BCUT2D eigenvalue weighted by atomic mass is 10.9. The minimum Gasteiger partial charge on any atom is -0.425 e. The van der Waals surface area contributed by atoms with Crippen molar-refractivity contribution in [2.24, 2.45) is 0 Å². The Kier molecular flexibility index (Phi) is 4.50. The van der Waals surface area contributed by atoms with Gasteiger partial charge in [0.05, 0.1) is 8.80 Å². The zero-order chi connectivity index (χ0) is 6.57.